The van der Waals surface area contributed by atoms with Crippen molar-refractivity contribution < 1.29 is 59.2 Å². The van der Waals surface area contributed by atoms with E-state index in [4.69, 9.17) is 13.9 Å². The maximum Gasteiger partial charge on any atom is 0.335 e. The van der Waals surface area contributed by atoms with Crippen LogP contribution in [0, 0.1) is 0 Å². The average molecular weight is 580 g/mol. The molecule has 218 valence electrons. The number of carbonyl (C=O) groups excluding carboxylic acids is 1. The Labute approximate surface area is 235 Å². The van der Waals surface area contributed by atoms with Crippen molar-refractivity contribution in [2.24, 2.45) is 0 Å². The lowest BCUT2D eigenvalue weighted by Gasteiger charge is -2.38. The van der Waals surface area contributed by atoms with Gasteiger partial charge in [0.1, 0.15) is 40.8 Å². The Morgan fingerprint density at radius 2 is 1.57 bits per heavy atom. The fourth-order valence-electron chi connectivity index (χ4n) is 4.62. The summed E-state index contributed by atoms with van der Waals surface area (Å²) < 4.78 is 16.2. The zero-order chi connectivity index (χ0) is 30.3. The van der Waals surface area contributed by atoms with Gasteiger partial charge in [0, 0.05) is 29.7 Å². The molecule has 0 spiro atoms. The molecule has 5 unspecified atom stereocenters. The van der Waals surface area contributed by atoms with Gasteiger partial charge >= 0.3 is 5.97 Å². The first-order valence-corrected chi connectivity index (χ1v) is 12.5. The lowest BCUT2D eigenvalue weighted by Crippen LogP contribution is -2.61. The average Bonchev–Trinajstić information content (AvgIpc) is 2.95. The molecule has 1 aromatic heterocycles. The molecule has 1 aliphatic heterocycles. The van der Waals surface area contributed by atoms with Crippen molar-refractivity contribution >= 4 is 22.7 Å². The number of fused-ring (bicyclic) bond motifs is 1. The van der Waals surface area contributed by atoms with E-state index in [9.17, 15) is 50.1 Å². The van der Waals surface area contributed by atoms with Gasteiger partial charge in [-0.1, -0.05) is 30.3 Å². The molecule has 0 amide bonds. The number of rotatable bonds is 7. The van der Waals surface area contributed by atoms with Crippen molar-refractivity contribution in [1.82, 2.24) is 0 Å². The van der Waals surface area contributed by atoms with Gasteiger partial charge in [0.2, 0.25) is 12.0 Å². The summed E-state index contributed by atoms with van der Waals surface area (Å²) in [6.45, 7) is 0. The summed E-state index contributed by atoms with van der Waals surface area (Å²) in [5.74, 6) is -5.03. The van der Waals surface area contributed by atoms with Crippen LogP contribution in [0.15, 0.2) is 69.9 Å². The summed E-state index contributed by atoms with van der Waals surface area (Å²) in [5, 5.41) is 70.2. The van der Waals surface area contributed by atoms with E-state index >= 15 is 0 Å². The molecule has 0 bridgehead atoms. The molecule has 13 heteroatoms. The molecule has 3 aromatic carbocycles. The first-order chi connectivity index (χ1) is 20.0. The quantitative estimate of drug-likeness (QED) is 0.121. The zero-order valence-electron chi connectivity index (χ0n) is 21.4. The Balaban J connectivity index is 1.56. The van der Waals surface area contributed by atoms with E-state index in [1.54, 1.807) is 30.3 Å². The molecule has 7 N–H and O–H groups in total. The molecule has 1 fully saturated rings. The molecule has 42 heavy (non-hydrogen) atoms. The number of aliphatic carboxylic acids is 1. The lowest BCUT2D eigenvalue weighted by atomic mass is 9.96. The predicted molar refractivity (Wildman–Crippen MR) is 142 cm³/mol. The van der Waals surface area contributed by atoms with Gasteiger partial charge in [0.25, 0.3) is 0 Å². The third-order valence-corrected chi connectivity index (χ3v) is 6.76. The monoisotopic (exact) mass is 580 g/mol. The summed E-state index contributed by atoms with van der Waals surface area (Å²) in [5.41, 5.74) is -0.299. The van der Waals surface area contributed by atoms with E-state index in [0.29, 0.717) is 5.56 Å². The summed E-state index contributed by atoms with van der Waals surface area (Å²) >= 11 is 0. The number of hydrogen-bond donors (Lipinski definition) is 7. The Morgan fingerprint density at radius 3 is 2.26 bits per heavy atom. The number of carboxylic acid groups (broad SMARTS) is 1. The molecule has 0 saturated carbocycles. The number of benzene rings is 3. The number of carboxylic acids is 1. The van der Waals surface area contributed by atoms with Crippen LogP contribution < -0.4 is 10.2 Å². The topological polar surface area (TPSA) is 224 Å². The molecule has 0 aliphatic carbocycles. The second-order valence-electron chi connectivity index (χ2n) is 9.59. The number of aliphatic hydroxyl groups is 3. The predicted octanol–water partition coefficient (Wildman–Crippen LogP) is 1.27. The zero-order valence-corrected chi connectivity index (χ0v) is 21.4. The smallest absolute Gasteiger partial charge is 0.335 e. The van der Waals surface area contributed by atoms with Gasteiger partial charge in [-0.3, -0.25) is 9.59 Å². The van der Waals surface area contributed by atoms with Crippen molar-refractivity contribution in [3.05, 3.63) is 82.0 Å². The van der Waals surface area contributed by atoms with Gasteiger partial charge in [-0.15, -0.1) is 0 Å². The van der Waals surface area contributed by atoms with Crippen molar-refractivity contribution in [2.75, 3.05) is 0 Å². The summed E-state index contributed by atoms with van der Waals surface area (Å²) in [7, 11) is 0. The van der Waals surface area contributed by atoms with Crippen LogP contribution in [0.2, 0.25) is 0 Å². The minimum atomic E-state index is -2.01. The third kappa shape index (κ3) is 5.24. The highest BCUT2D eigenvalue weighted by molar-refractivity contribution is 6.03. The fourth-order valence-corrected chi connectivity index (χ4v) is 4.62. The molecule has 1 saturated heterocycles. The minimum absolute atomic E-state index is 0.0244. The first kappa shape index (κ1) is 28.6. The maximum absolute atomic E-state index is 13.2. The molecule has 13 nitrogen and oxygen atoms in total. The number of aromatic hydroxyl groups is 3. The minimum Gasteiger partial charge on any atom is -0.508 e. The molecule has 2 heterocycles. The van der Waals surface area contributed by atoms with Crippen LogP contribution in [-0.4, -0.2) is 78.2 Å². The first-order valence-electron chi connectivity index (χ1n) is 12.5. The van der Waals surface area contributed by atoms with Crippen molar-refractivity contribution in [2.45, 2.75) is 37.1 Å². The second kappa shape index (κ2) is 11.1. The van der Waals surface area contributed by atoms with Gasteiger partial charge in [-0.25, -0.2) is 4.79 Å². The van der Waals surface area contributed by atoms with Gasteiger partial charge in [0.05, 0.1) is 0 Å². The molecule has 5 atom stereocenters. The van der Waals surface area contributed by atoms with Crippen LogP contribution in [0.4, 0.5) is 0 Å². The lowest BCUT2D eigenvalue weighted by molar-refractivity contribution is -0.271. The van der Waals surface area contributed by atoms with Crippen molar-refractivity contribution in [3.63, 3.8) is 0 Å². The van der Waals surface area contributed by atoms with E-state index in [2.05, 4.69) is 0 Å². The van der Waals surface area contributed by atoms with E-state index in [1.165, 1.54) is 18.2 Å². The number of ether oxygens (including phenoxy) is 2. The van der Waals surface area contributed by atoms with E-state index in [0.717, 1.165) is 12.1 Å². The Kier molecular flexibility index (Phi) is 7.58. The van der Waals surface area contributed by atoms with Crippen LogP contribution in [0.25, 0.3) is 22.3 Å². The Hall–Kier alpha value is -4.95. The number of ketones is 1. The van der Waals surface area contributed by atoms with Crippen LogP contribution in [0.1, 0.15) is 15.9 Å². The summed E-state index contributed by atoms with van der Waals surface area (Å²) in [6.07, 6.45) is -9.96. The van der Waals surface area contributed by atoms with Gasteiger partial charge in [0.15, 0.2) is 28.8 Å². The highest BCUT2D eigenvalue weighted by Gasteiger charge is 2.48. The number of Topliss-reactive ketones (excluding diaryl/α,β-unsaturated/α-hetero) is 1. The maximum atomic E-state index is 13.2. The van der Waals surface area contributed by atoms with Gasteiger partial charge in [-0.05, 0) is 23.8 Å². The largest absolute Gasteiger partial charge is 0.508 e. The van der Waals surface area contributed by atoms with Crippen molar-refractivity contribution in [3.8, 4) is 34.3 Å². The highest BCUT2D eigenvalue weighted by Crippen LogP contribution is 2.43. The molecule has 1 aliphatic rings. The SMILES string of the molecule is O=C(Cc1ccccc1)c1cc(O)ccc1-c1cc(=O)c2c(O)c(O)c(OC3OC(C(=O)O)C(O)C(O)C3O)cc2o1. The molecule has 5 rings (SSSR count). The Bertz CT molecular complexity index is 1730. The molecule has 4 aromatic rings. The third-order valence-electron chi connectivity index (χ3n) is 6.76. The van der Waals surface area contributed by atoms with E-state index in [-0.39, 0.29) is 34.6 Å². The van der Waals surface area contributed by atoms with Gasteiger partial charge in [-0.2, -0.15) is 0 Å². The van der Waals surface area contributed by atoms with E-state index < -0.39 is 70.5 Å². The standard InChI is InChI=1S/C29H24O13/c30-13-6-7-14(15(9-13)16(31)8-12-4-2-1-3-5-12)18-10-17(32)21-19(40-18)11-20(22(33)23(21)34)41-29-26(37)24(35)25(36)27(42-29)28(38)39/h1-7,9-11,24-27,29-30,33-37H,8H2,(H,38,39). The number of aliphatic hydroxyl groups excluding tert-OH is 3. The Morgan fingerprint density at radius 1 is 0.857 bits per heavy atom. The number of phenols is 3. The molecular formula is C29H24O13. The number of carbonyl (C=O) groups is 2. The number of phenolic OH excluding ortho intramolecular Hbond substituents is 3. The van der Waals surface area contributed by atoms with Crippen LogP contribution in [0.5, 0.6) is 23.0 Å². The summed E-state index contributed by atoms with van der Waals surface area (Å²) in [4.78, 5) is 37.6. The molecular weight excluding hydrogens is 556 g/mol. The van der Waals surface area contributed by atoms with Gasteiger partial charge < -0.3 is 49.6 Å². The van der Waals surface area contributed by atoms with Crippen LogP contribution in [0.3, 0.4) is 0 Å². The second-order valence-corrected chi connectivity index (χ2v) is 9.59. The number of hydrogen-bond acceptors (Lipinski definition) is 12. The highest BCUT2D eigenvalue weighted by atomic mass is 16.7. The van der Waals surface area contributed by atoms with Crippen molar-refractivity contribution in [1.29, 1.82) is 0 Å². The van der Waals surface area contributed by atoms with E-state index in [1.807, 2.05) is 0 Å². The van der Waals surface area contributed by atoms with Crippen LogP contribution in [-0.2, 0) is 16.0 Å². The summed E-state index contributed by atoms with van der Waals surface area (Å²) in [6, 6.07) is 14.6. The van der Waals surface area contributed by atoms with Crippen LogP contribution >= 0.6 is 0 Å². The fraction of sp³-hybridized carbons (Fsp3) is 0.207. The molecule has 0 radical (unpaired) electrons. The normalized spacial score (nSPS) is 22.1.